The van der Waals surface area contributed by atoms with Gasteiger partial charge in [-0.2, -0.15) is 0 Å². The van der Waals surface area contributed by atoms with Crippen LogP contribution in [0.5, 0.6) is 0 Å². The molecule has 128 valence electrons. The molecule has 0 bridgehead atoms. The summed E-state index contributed by atoms with van der Waals surface area (Å²) in [7, 11) is -3.29. The molecule has 1 aliphatic heterocycles. The Bertz CT molecular complexity index is 618. The van der Waals surface area contributed by atoms with Gasteiger partial charge in [-0.15, -0.1) is 0 Å². The van der Waals surface area contributed by atoms with Gasteiger partial charge in [0.1, 0.15) is 0 Å². The van der Waals surface area contributed by atoms with Gasteiger partial charge >= 0.3 is 0 Å². The molecule has 1 aliphatic rings. The van der Waals surface area contributed by atoms with E-state index in [1.807, 2.05) is 38.1 Å². The van der Waals surface area contributed by atoms with Crippen molar-refractivity contribution in [2.75, 3.05) is 13.1 Å². The van der Waals surface area contributed by atoms with Crippen LogP contribution in [0.1, 0.15) is 43.7 Å². The van der Waals surface area contributed by atoms with Gasteiger partial charge < -0.3 is 5.32 Å². The molecule has 5 nitrogen and oxygen atoms in total. The smallest absolute Gasteiger partial charge is 0.220 e. The fraction of sp³-hybridized carbons (Fsp3) is 0.588. The van der Waals surface area contributed by atoms with Crippen molar-refractivity contribution in [1.29, 1.82) is 0 Å². The maximum Gasteiger partial charge on any atom is 0.220 e. The van der Waals surface area contributed by atoms with E-state index in [4.69, 9.17) is 0 Å². The van der Waals surface area contributed by atoms with Crippen LogP contribution in [0.3, 0.4) is 0 Å². The SMILES string of the molecule is CCCC(=O)NC1CCN(S(=O)(=O)Cc2ccc(C)cc2)CC1. The van der Waals surface area contributed by atoms with Crippen LogP contribution in [-0.4, -0.2) is 37.8 Å². The molecule has 1 aromatic rings. The van der Waals surface area contributed by atoms with Crippen LogP contribution < -0.4 is 5.32 Å². The van der Waals surface area contributed by atoms with E-state index in [2.05, 4.69) is 5.32 Å². The van der Waals surface area contributed by atoms with Crippen molar-refractivity contribution in [3.05, 3.63) is 35.4 Å². The van der Waals surface area contributed by atoms with Crippen LogP contribution in [0.2, 0.25) is 0 Å². The quantitative estimate of drug-likeness (QED) is 0.865. The zero-order valence-corrected chi connectivity index (χ0v) is 14.7. The molecule has 0 saturated carbocycles. The van der Waals surface area contributed by atoms with E-state index < -0.39 is 10.0 Å². The normalized spacial score (nSPS) is 17.1. The standard InChI is InChI=1S/C17H26N2O3S/c1-3-4-17(20)18-16-9-11-19(12-10-16)23(21,22)13-15-7-5-14(2)6-8-15/h5-8,16H,3-4,9-13H2,1-2H3,(H,18,20). The molecule has 1 aromatic carbocycles. The van der Waals surface area contributed by atoms with Crippen molar-refractivity contribution >= 4 is 15.9 Å². The zero-order valence-electron chi connectivity index (χ0n) is 13.9. The summed E-state index contributed by atoms with van der Waals surface area (Å²) in [6.45, 7) is 4.91. The van der Waals surface area contributed by atoms with Crippen molar-refractivity contribution < 1.29 is 13.2 Å². The van der Waals surface area contributed by atoms with Crippen molar-refractivity contribution in [2.24, 2.45) is 0 Å². The number of nitrogens with zero attached hydrogens (tertiary/aromatic N) is 1. The number of hydrogen-bond acceptors (Lipinski definition) is 3. The Hall–Kier alpha value is -1.40. The number of nitrogens with one attached hydrogen (secondary N) is 1. The monoisotopic (exact) mass is 338 g/mol. The van der Waals surface area contributed by atoms with E-state index in [0.29, 0.717) is 32.4 Å². The molecule has 1 amide bonds. The molecule has 1 fully saturated rings. The maximum atomic E-state index is 12.5. The van der Waals surface area contributed by atoms with Crippen LogP contribution in [0, 0.1) is 6.92 Å². The van der Waals surface area contributed by atoms with Gasteiger partial charge in [0.15, 0.2) is 0 Å². The lowest BCUT2D eigenvalue weighted by Gasteiger charge is -2.31. The number of piperidine rings is 1. The molecule has 0 spiro atoms. The highest BCUT2D eigenvalue weighted by molar-refractivity contribution is 7.88. The molecular formula is C17H26N2O3S. The molecular weight excluding hydrogens is 312 g/mol. The van der Waals surface area contributed by atoms with E-state index >= 15 is 0 Å². The average Bonchev–Trinajstić information content (AvgIpc) is 2.50. The number of sulfonamides is 1. The van der Waals surface area contributed by atoms with Crippen molar-refractivity contribution in [2.45, 2.75) is 51.3 Å². The number of rotatable bonds is 6. The molecule has 0 aliphatic carbocycles. The van der Waals surface area contributed by atoms with Gasteiger partial charge in [-0.1, -0.05) is 36.8 Å². The second kappa shape index (κ2) is 7.93. The van der Waals surface area contributed by atoms with Crippen molar-refractivity contribution in [3.8, 4) is 0 Å². The van der Waals surface area contributed by atoms with E-state index in [9.17, 15) is 13.2 Å². The van der Waals surface area contributed by atoms with Gasteiger partial charge in [-0.3, -0.25) is 4.79 Å². The van der Waals surface area contributed by atoms with E-state index in [-0.39, 0.29) is 17.7 Å². The molecule has 6 heteroatoms. The van der Waals surface area contributed by atoms with Crippen LogP contribution in [-0.2, 0) is 20.6 Å². The lowest BCUT2D eigenvalue weighted by Crippen LogP contribution is -2.46. The Labute approximate surface area is 139 Å². The summed E-state index contributed by atoms with van der Waals surface area (Å²) in [6.07, 6.45) is 2.73. The maximum absolute atomic E-state index is 12.5. The third kappa shape index (κ3) is 5.32. The fourth-order valence-electron chi connectivity index (χ4n) is 2.79. The van der Waals surface area contributed by atoms with Crippen LogP contribution in [0.25, 0.3) is 0 Å². The second-order valence-corrected chi connectivity index (χ2v) is 8.20. The average molecular weight is 338 g/mol. The molecule has 1 heterocycles. The van der Waals surface area contributed by atoms with Gasteiger partial charge in [0, 0.05) is 25.6 Å². The number of aryl methyl sites for hydroxylation is 1. The predicted octanol–water partition coefficient (Wildman–Crippen LogP) is 2.21. The Morgan fingerprint density at radius 3 is 2.39 bits per heavy atom. The fourth-order valence-corrected chi connectivity index (χ4v) is 4.35. The first-order valence-electron chi connectivity index (χ1n) is 8.23. The number of carbonyl (C=O) groups excluding carboxylic acids is 1. The number of amides is 1. The van der Waals surface area contributed by atoms with Crippen LogP contribution in [0.4, 0.5) is 0 Å². The van der Waals surface area contributed by atoms with Crippen molar-refractivity contribution in [1.82, 2.24) is 9.62 Å². The van der Waals surface area contributed by atoms with Gasteiger partial charge in [0.2, 0.25) is 15.9 Å². The molecule has 23 heavy (non-hydrogen) atoms. The first kappa shape index (κ1) is 17.9. The molecule has 0 radical (unpaired) electrons. The van der Waals surface area contributed by atoms with Gasteiger partial charge in [0.25, 0.3) is 0 Å². The summed E-state index contributed by atoms with van der Waals surface area (Å²) >= 11 is 0. The summed E-state index contributed by atoms with van der Waals surface area (Å²) in [6, 6.07) is 7.69. The largest absolute Gasteiger partial charge is 0.353 e. The van der Waals surface area contributed by atoms with E-state index in [0.717, 1.165) is 17.5 Å². The van der Waals surface area contributed by atoms with E-state index in [1.54, 1.807) is 4.31 Å². The van der Waals surface area contributed by atoms with Crippen molar-refractivity contribution in [3.63, 3.8) is 0 Å². The van der Waals surface area contributed by atoms with Crippen LogP contribution in [0.15, 0.2) is 24.3 Å². The third-order valence-electron chi connectivity index (χ3n) is 4.16. The Kier molecular flexibility index (Phi) is 6.18. The van der Waals surface area contributed by atoms with Crippen LogP contribution >= 0.6 is 0 Å². The minimum Gasteiger partial charge on any atom is -0.353 e. The highest BCUT2D eigenvalue weighted by Crippen LogP contribution is 2.18. The molecule has 0 unspecified atom stereocenters. The van der Waals surface area contributed by atoms with Gasteiger partial charge in [-0.25, -0.2) is 12.7 Å². The Morgan fingerprint density at radius 2 is 1.83 bits per heavy atom. The molecule has 2 rings (SSSR count). The lowest BCUT2D eigenvalue weighted by molar-refractivity contribution is -0.122. The van der Waals surface area contributed by atoms with Gasteiger partial charge in [-0.05, 0) is 31.7 Å². The minimum atomic E-state index is -3.29. The zero-order chi connectivity index (χ0) is 16.9. The number of carbonyl (C=O) groups is 1. The summed E-state index contributed by atoms with van der Waals surface area (Å²) in [5.41, 5.74) is 1.93. The second-order valence-electron chi connectivity index (χ2n) is 6.23. The minimum absolute atomic E-state index is 0.0418. The Balaban J connectivity index is 1.88. The summed E-state index contributed by atoms with van der Waals surface area (Å²) in [4.78, 5) is 11.6. The molecule has 1 N–H and O–H groups in total. The summed E-state index contributed by atoms with van der Waals surface area (Å²) in [5.74, 6) is 0.105. The lowest BCUT2D eigenvalue weighted by atomic mass is 10.1. The highest BCUT2D eigenvalue weighted by atomic mass is 32.2. The number of benzene rings is 1. The topological polar surface area (TPSA) is 66.5 Å². The molecule has 1 saturated heterocycles. The van der Waals surface area contributed by atoms with E-state index in [1.165, 1.54) is 0 Å². The first-order chi connectivity index (χ1) is 10.9. The molecule has 0 aromatic heterocycles. The predicted molar refractivity (Wildman–Crippen MR) is 91.4 cm³/mol. The first-order valence-corrected chi connectivity index (χ1v) is 9.84. The summed E-state index contributed by atoms with van der Waals surface area (Å²) in [5, 5.41) is 2.99. The highest BCUT2D eigenvalue weighted by Gasteiger charge is 2.28. The number of hydrogen-bond donors (Lipinski definition) is 1. The third-order valence-corrected chi connectivity index (χ3v) is 6.01. The summed E-state index contributed by atoms with van der Waals surface area (Å²) < 4.78 is 26.6. The van der Waals surface area contributed by atoms with Gasteiger partial charge in [0.05, 0.1) is 5.75 Å². The molecule has 0 atom stereocenters. The Morgan fingerprint density at radius 1 is 1.22 bits per heavy atom.